The SMILES string of the molecule is CN(CC(N)=O)C(N)=NC(=O)c1ccccc1. The Bertz CT molecular complexity index is 442. The summed E-state index contributed by atoms with van der Waals surface area (Å²) in [7, 11) is 1.53. The molecule has 0 bridgehead atoms. The van der Waals surface area contributed by atoms with Crippen LogP contribution < -0.4 is 11.5 Å². The number of nitrogens with two attached hydrogens (primary N) is 2. The van der Waals surface area contributed by atoms with Crippen LogP contribution in [0.2, 0.25) is 0 Å². The normalized spacial score (nSPS) is 11.0. The van der Waals surface area contributed by atoms with Crippen LogP contribution in [0.5, 0.6) is 0 Å². The lowest BCUT2D eigenvalue weighted by Gasteiger charge is -2.14. The summed E-state index contributed by atoms with van der Waals surface area (Å²) >= 11 is 0. The number of benzene rings is 1. The lowest BCUT2D eigenvalue weighted by atomic mass is 10.2. The molecular weight excluding hydrogens is 220 g/mol. The molecule has 0 spiro atoms. The van der Waals surface area contributed by atoms with Gasteiger partial charge in [-0.2, -0.15) is 4.99 Å². The van der Waals surface area contributed by atoms with Gasteiger partial charge in [-0.05, 0) is 12.1 Å². The number of guanidine groups is 1. The molecule has 0 radical (unpaired) electrons. The van der Waals surface area contributed by atoms with Gasteiger partial charge in [0.1, 0.15) is 0 Å². The topological polar surface area (TPSA) is 102 Å². The molecular formula is C11H14N4O2. The van der Waals surface area contributed by atoms with Crippen molar-refractivity contribution in [3.63, 3.8) is 0 Å². The molecule has 0 aliphatic rings. The van der Waals surface area contributed by atoms with Crippen molar-refractivity contribution >= 4 is 17.8 Å². The predicted octanol–water partition coefficient (Wildman–Crippen LogP) is -0.441. The number of likely N-dealkylation sites (N-methyl/N-ethyl adjacent to an activating group) is 1. The summed E-state index contributed by atoms with van der Waals surface area (Å²) < 4.78 is 0. The van der Waals surface area contributed by atoms with Crippen molar-refractivity contribution in [2.45, 2.75) is 0 Å². The molecule has 0 saturated heterocycles. The summed E-state index contributed by atoms with van der Waals surface area (Å²) in [4.78, 5) is 27.3. The van der Waals surface area contributed by atoms with Gasteiger partial charge in [0, 0.05) is 12.6 Å². The Morgan fingerprint density at radius 2 is 1.82 bits per heavy atom. The van der Waals surface area contributed by atoms with Gasteiger partial charge in [0.25, 0.3) is 5.91 Å². The number of hydrogen-bond acceptors (Lipinski definition) is 2. The fourth-order valence-electron chi connectivity index (χ4n) is 1.15. The van der Waals surface area contributed by atoms with E-state index in [0.29, 0.717) is 5.56 Å². The van der Waals surface area contributed by atoms with E-state index < -0.39 is 11.8 Å². The van der Waals surface area contributed by atoms with E-state index in [1.54, 1.807) is 30.3 Å². The zero-order valence-corrected chi connectivity index (χ0v) is 9.46. The third kappa shape index (κ3) is 3.94. The summed E-state index contributed by atoms with van der Waals surface area (Å²) in [5, 5.41) is 0. The largest absolute Gasteiger partial charge is 0.369 e. The second kappa shape index (κ2) is 5.64. The van der Waals surface area contributed by atoms with Crippen LogP contribution in [0.25, 0.3) is 0 Å². The molecule has 0 aromatic heterocycles. The van der Waals surface area contributed by atoms with Gasteiger partial charge in [-0.15, -0.1) is 0 Å². The van der Waals surface area contributed by atoms with Crippen molar-refractivity contribution in [2.75, 3.05) is 13.6 Å². The molecule has 0 heterocycles. The Morgan fingerprint density at radius 1 is 1.24 bits per heavy atom. The minimum absolute atomic E-state index is 0.0438. The molecule has 90 valence electrons. The fraction of sp³-hybridized carbons (Fsp3) is 0.182. The fourth-order valence-corrected chi connectivity index (χ4v) is 1.15. The van der Waals surface area contributed by atoms with Crippen LogP contribution in [0.1, 0.15) is 10.4 Å². The maximum absolute atomic E-state index is 11.6. The van der Waals surface area contributed by atoms with E-state index in [1.807, 2.05) is 0 Å². The van der Waals surface area contributed by atoms with Crippen molar-refractivity contribution in [3.05, 3.63) is 35.9 Å². The molecule has 2 amide bonds. The minimum atomic E-state index is -0.544. The number of carbonyl (C=O) groups is 2. The van der Waals surface area contributed by atoms with E-state index in [9.17, 15) is 9.59 Å². The number of primary amides is 1. The summed E-state index contributed by atoms with van der Waals surface area (Å²) in [5.41, 5.74) is 11.0. The van der Waals surface area contributed by atoms with E-state index >= 15 is 0 Å². The van der Waals surface area contributed by atoms with Gasteiger partial charge in [0.05, 0.1) is 6.54 Å². The average Bonchev–Trinajstić information content (AvgIpc) is 2.29. The third-order valence-corrected chi connectivity index (χ3v) is 2.02. The van der Waals surface area contributed by atoms with Crippen LogP contribution in [-0.2, 0) is 4.79 Å². The smallest absolute Gasteiger partial charge is 0.280 e. The molecule has 4 N–H and O–H groups in total. The molecule has 0 aliphatic heterocycles. The Labute approximate surface area is 98.9 Å². The van der Waals surface area contributed by atoms with Gasteiger partial charge in [-0.1, -0.05) is 18.2 Å². The Kier molecular flexibility index (Phi) is 4.21. The Balaban J connectivity index is 2.75. The highest BCUT2D eigenvalue weighted by molar-refractivity contribution is 6.02. The first-order chi connectivity index (χ1) is 8.00. The number of carbonyl (C=O) groups excluding carboxylic acids is 2. The van der Waals surface area contributed by atoms with E-state index in [2.05, 4.69) is 4.99 Å². The van der Waals surface area contributed by atoms with Gasteiger partial charge < -0.3 is 16.4 Å². The number of aliphatic imine (C=N–C) groups is 1. The lowest BCUT2D eigenvalue weighted by molar-refractivity contribution is -0.118. The first-order valence-electron chi connectivity index (χ1n) is 4.93. The Morgan fingerprint density at radius 3 is 2.35 bits per heavy atom. The molecule has 1 aromatic rings. The summed E-state index contributed by atoms with van der Waals surface area (Å²) in [5.74, 6) is -1.05. The number of nitrogens with zero attached hydrogens (tertiary/aromatic N) is 2. The van der Waals surface area contributed by atoms with Gasteiger partial charge in [0.2, 0.25) is 5.91 Å². The predicted molar refractivity (Wildman–Crippen MR) is 64.2 cm³/mol. The zero-order valence-electron chi connectivity index (χ0n) is 9.46. The molecule has 0 aliphatic carbocycles. The summed E-state index contributed by atoms with van der Waals surface area (Å²) in [6.45, 7) is -0.0859. The van der Waals surface area contributed by atoms with Crippen LogP contribution >= 0.6 is 0 Å². The first-order valence-corrected chi connectivity index (χ1v) is 4.93. The molecule has 6 nitrogen and oxygen atoms in total. The highest BCUT2D eigenvalue weighted by Crippen LogP contribution is 2.00. The van der Waals surface area contributed by atoms with Gasteiger partial charge >= 0.3 is 0 Å². The second-order valence-corrected chi connectivity index (χ2v) is 3.46. The lowest BCUT2D eigenvalue weighted by Crippen LogP contribution is -2.40. The highest BCUT2D eigenvalue weighted by Gasteiger charge is 2.08. The molecule has 0 fully saturated rings. The molecule has 0 saturated carbocycles. The van der Waals surface area contributed by atoms with Crippen molar-refractivity contribution < 1.29 is 9.59 Å². The van der Waals surface area contributed by atoms with Crippen molar-refractivity contribution in [1.29, 1.82) is 0 Å². The van der Waals surface area contributed by atoms with Crippen LogP contribution in [0.15, 0.2) is 35.3 Å². The monoisotopic (exact) mass is 234 g/mol. The average molecular weight is 234 g/mol. The molecule has 0 unspecified atom stereocenters. The highest BCUT2D eigenvalue weighted by atomic mass is 16.2. The molecule has 1 rings (SSSR count). The number of rotatable bonds is 3. The van der Waals surface area contributed by atoms with Crippen molar-refractivity contribution in [1.82, 2.24) is 4.90 Å². The zero-order chi connectivity index (χ0) is 12.8. The van der Waals surface area contributed by atoms with Gasteiger partial charge in [-0.25, -0.2) is 0 Å². The van der Waals surface area contributed by atoms with Gasteiger partial charge in [-0.3, -0.25) is 9.59 Å². The van der Waals surface area contributed by atoms with E-state index in [1.165, 1.54) is 11.9 Å². The first kappa shape index (κ1) is 12.7. The molecule has 0 atom stereocenters. The quantitative estimate of drug-likeness (QED) is 0.546. The van der Waals surface area contributed by atoms with E-state index in [0.717, 1.165) is 0 Å². The van der Waals surface area contributed by atoms with E-state index in [4.69, 9.17) is 11.5 Å². The van der Waals surface area contributed by atoms with Crippen molar-refractivity contribution in [3.8, 4) is 0 Å². The number of hydrogen-bond donors (Lipinski definition) is 2. The molecule has 6 heteroatoms. The van der Waals surface area contributed by atoms with Crippen LogP contribution in [0.4, 0.5) is 0 Å². The number of amides is 2. The van der Waals surface area contributed by atoms with E-state index in [-0.39, 0.29) is 12.5 Å². The van der Waals surface area contributed by atoms with Crippen LogP contribution in [-0.4, -0.2) is 36.3 Å². The summed E-state index contributed by atoms with van der Waals surface area (Å²) in [6.07, 6.45) is 0. The Hall–Kier alpha value is -2.37. The standard InChI is InChI=1S/C11H14N4O2/c1-15(7-9(12)16)11(13)14-10(17)8-5-3-2-4-6-8/h2-6H,7H2,1H3,(H2,12,16)(H2,13,14,17). The minimum Gasteiger partial charge on any atom is -0.369 e. The third-order valence-electron chi connectivity index (χ3n) is 2.02. The summed E-state index contributed by atoms with van der Waals surface area (Å²) in [6, 6.07) is 8.52. The molecule has 17 heavy (non-hydrogen) atoms. The van der Waals surface area contributed by atoms with Crippen LogP contribution in [0.3, 0.4) is 0 Å². The maximum atomic E-state index is 11.6. The maximum Gasteiger partial charge on any atom is 0.280 e. The van der Waals surface area contributed by atoms with Gasteiger partial charge in [0.15, 0.2) is 5.96 Å². The van der Waals surface area contributed by atoms with Crippen LogP contribution in [0, 0.1) is 0 Å². The second-order valence-electron chi connectivity index (χ2n) is 3.46. The van der Waals surface area contributed by atoms with Crippen molar-refractivity contribution in [2.24, 2.45) is 16.5 Å². The molecule has 1 aromatic carbocycles.